The summed E-state index contributed by atoms with van der Waals surface area (Å²) in [6, 6.07) is 4.44. The van der Waals surface area contributed by atoms with Crippen molar-refractivity contribution in [2.75, 3.05) is 6.61 Å². The highest BCUT2D eigenvalue weighted by Gasteiger charge is 2.18. The van der Waals surface area contributed by atoms with Crippen LogP contribution in [0.5, 0.6) is 5.75 Å². The summed E-state index contributed by atoms with van der Waals surface area (Å²) in [6.45, 7) is -0.143. The molecule has 0 radical (unpaired) electrons. The van der Waals surface area contributed by atoms with Crippen LogP contribution in [0.15, 0.2) is 22.7 Å². The molecule has 0 bridgehead atoms. The first-order valence-electron chi connectivity index (χ1n) is 6.42. The number of nitrogens with one attached hydrogen (secondary N) is 1. The SMILES string of the molecule is O=C(COc1cc([N+](=O)[O-])ccc1Br)NC1CCCC1. The van der Waals surface area contributed by atoms with Gasteiger partial charge in [0.15, 0.2) is 6.61 Å². The fourth-order valence-electron chi connectivity index (χ4n) is 2.20. The normalized spacial score (nSPS) is 15.1. The summed E-state index contributed by atoms with van der Waals surface area (Å²) in [5, 5.41) is 13.6. The molecule has 20 heavy (non-hydrogen) atoms. The smallest absolute Gasteiger partial charge is 0.273 e. The molecule has 1 fully saturated rings. The largest absolute Gasteiger partial charge is 0.482 e. The Morgan fingerprint density at radius 2 is 2.15 bits per heavy atom. The van der Waals surface area contributed by atoms with E-state index in [9.17, 15) is 14.9 Å². The minimum absolute atomic E-state index is 0.0700. The molecule has 1 aliphatic carbocycles. The number of carbonyl (C=O) groups excluding carboxylic acids is 1. The van der Waals surface area contributed by atoms with Crippen LogP contribution in [0.2, 0.25) is 0 Å². The van der Waals surface area contributed by atoms with Gasteiger partial charge in [-0.25, -0.2) is 0 Å². The zero-order valence-corrected chi connectivity index (χ0v) is 12.4. The second-order valence-electron chi connectivity index (χ2n) is 4.71. The van der Waals surface area contributed by atoms with Gasteiger partial charge in [-0.05, 0) is 34.8 Å². The fraction of sp³-hybridized carbons (Fsp3) is 0.462. The van der Waals surface area contributed by atoms with E-state index in [1.807, 2.05) is 0 Å². The van der Waals surface area contributed by atoms with Crippen molar-refractivity contribution in [3.8, 4) is 5.75 Å². The molecule has 0 atom stereocenters. The van der Waals surface area contributed by atoms with Crippen LogP contribution in [0, 0.1) is 10.1 Å². The quantitative estimate of drug-likeness (QED) is 0.658. The zero-order valence-electron chi connectivity index (χ0n) is 10.8. The van der Waals surface area contributed by atoms with Gasteiger partial charge in [-0.2, -0.15) is 0 Å². The predicted octanol–water partition coefficient (Wildman–Crippen LogP) is 2.79. The molecule has 6 nitrogen and oxygen atoms in total. The lowest BCUT2D eigenvalue weighted by Crippen LogP contribution is -2.36. The van der Waals surface area contributed by atoms with Crippen LogP contribution in [0.25, 0.3) is 0 Å². The second-order valence-corrected chi connectivity index (χ2v) is 5.56. The number of benzene rings is 1. The van der Waals surface area contributed by atoms with E-state index in [4.69, 9.17) is 4.74 Å². The molecule has 1 aromatic rings. The van der Waals surface area contributed by atoms with Crippen LogP contribution in [0.1, 0.15) is 25.7 Å². The van der Waals surface area contributed by atoms with E-state index in [-0.39, 0.29) is 24.2 Å². The Morgan fingerprint density at radius 3 is 2.80 bits per heavy atom. The first-order chi connectivity index (χ1) is 9.56. The summed E-state index contributed by atoms with van der Waals surface area (Å²) >= 11 is 3.24. The standard InChI is InChI=1S/C13H15BrN2O4/c14-11-6-5-10(16(18)19)7-12(11)20-8-13(17)15-9-3-1-2-4-9/h5-7,9H,1-4,8H2,(H,15,17). The van der Waals surface area contributed by atoms with E-state index < -0.39 is 4.92 Å². The van der Waals surface area contributed by atoms with Crippen LogP contribution in [-0.2, 0) is 4.79 Å². The maximum Gasteiger partial charge on any atom is 0.273 e. The third-order valence-corrected chi connectivity index (χ3v) is 3.86. The highest BCUT2D eigenvalue weighted by atomic mass is 79.9. The van der Waals surface area contributed by atoms with Crippen LogP contribution in [-0.4, -0.2) is 23.5 Å². The van der Waals surface area contributed by atoms with Gasteiger partial charge in [-0.15, -0.1) is 0 Å². The number of carbonyl (C=O) groups is 1. The van der Waals surface area contributed by atoms with Crippen molar-refractivity contribution in [1.82, 2.24) is 5.32 Å². The van der Waals surface area contributed by atoms with Gasteiger partial charge in [0.05, 0.1) is 15.5 Å². The molecule has 0 spiro atoms. The summed E-state index contributed by atoms with van der Waals surface area (Å²) in [7, 11) is 0. The van der Waals surface area contributed by atoms with E-state index in [0.717, 1.165) is 25.7 Å². The number of nitro groups is 1. The number of rotatable bonds is 5. The minimum atomic E-state index is -0.502. The van der Waals surface area contributed by atoms with Gasteiger partial charge >= 0.3 is 0 Å². The number of ether oxygens (including phenoxy) is 1. The molecular weight excluding hydrogens is 328 g/mol. The van der Waals surface area contributed by atoms with E-state index in [1.54, 1.807) is 0 Å². The highest BCUT2D eigenvalue weighted by Crippen LogP contribution is 2.29. The molecule has 1 amide bonds. The third kappa shape index (κ3) is 3.93. The number of hydrogen-bond donors (Lipinski definition) is 1. The van der Waals surface area contributed by atoms with Crippen molar-refractivity contribution in [1.29, 1.82) is 0 Å². The molecule has 0 unspecified atom stereocenters. The fourth-order valence-corrected chi connectivity index (χ4v) is 2.56. The van der Waals surface area contributed by atoms with Crippen molar-refractivity contribution >= 4 is 27.5 Å². The average molecular weight is 343 g/mol. The summed E-state index contributed by atoms with van der Waals surface area (Å²) in [6.07, 6.45) is 4.29. The molecular formula is C13H15BrN2O4. The Balaban J connectivity index is 1.90. The van der Waals surface area contributed by atoms with E-state index >= 15 is 0 Å². The molecule has 7 heteroatoms. The van der Waals surface area contributed by atoms with Crippen LogP contribution >= 0.6 is 15.9 Å². The molecule has 0 heterocycles. The summed E-state index contributed by atoms with van der Waals surface area (Å²) in [4.78, 5) is 21.9. The van der Waals surface area contributed by atoms with Crippen molar-refractivity contribution in [3.63, 3.8) is 0 Å². The van der Waals surface area contributed by atoms with Gasteiger partial charge in [0.2, 0.25) is 0 Å². The molecule has 1 aromatic carbocycles. The van der Waals surface area contributed by atoms with Gasteiger partial charge in [-0.1, -0.05) is 12.8 Å². The van der Waals surface area contributed by atoms with Crippen molar-refractivity contribution in [3.05, 3.63) is 32.8 Å². The zero-order chi connectivity index (χ0) is 14.5. The molecule has 1 saturated carbocycles. The minimum Gasteiger partial charge on any atom is -0.482 e. The molecule has 2 rings (SSSR count). The number of non-ortho nitro benzene ring substituents is 1. The van der Waals surface area contributed by atoms with Gasteiger partial charge in [0.1, 0.15) is 5.75 Å². The van der Waals surface area contributed by atoms with Crippen LogP contribution < -0.4 is 10.1 Å². The molecule has 108 valence electrons. The Morgan fingerprint density at radius 1 is 1.45 bits per heavy atom. The predicted molar refractivity (Wildman–Crippen MR) is 76.7 cm³/mol. The first kappa shape index (κ1) is 14.8. The van der Waals surface area contributed by atoms with Gasteiger partial charge in [0.25, 0.3) is 11.6 Å². The van der Waals surface area contributed by atoms with Gasteiger partial charge < -0.3 is 10.1 Å². The molecule has 0 aliphatic heterocycles. The maximum atomic E-state index is 11.7. The molecule has 0 aromatic heterocycles. The molecule has 1 N–H and O–H groups in total. The number of hydrogen-bond acceptors (Lipinski definition) is 4. The van der Waals surface area contributed by atoms with Gasteiger partial charge in [-0.3, -0.25) is 14.9 Å². The Hall–Kier alpha value is -1.63. The van der Waals surface area contributed by atoms with Crippen molar-refractivity contribution in [2.45, 2.75) is 31.7 Å². The number of nitro benzene ring substituents is 1. The monoisotopic (exact) mass is 342 g/mol. The number of nitrogens with zero attached hydrogens (tertiary/aromatic N) is 1. The maximum absolute atomic E-state index is 11.7. The van der Waals surface area contributed by atoms with E-state index in [2.05, 4.69) is 21.2 Å². The molecule has 0 saturated heterocycles. The molecule has 1 aliphatic rings. The average Bonchev–Trinajstić information content (AvgIpc) is 2.90. The Kier molecular flexibility index (Phi) is 4.94. The summed E-state index contributed by atoms with van der Waals surface area (Å²) < 4.78 is 5.92. The van der Waals surface area contributed by atoms with E-state index in [0.29, 0.717) is 10.2 Å². The van der Waals surface area contributed by atoms with Crippen LogP contribution in [0.4, 0.5) is 5.69 Å². The summed E-state index contributed by atoms with van der Waals surface area (Å²) in [5.74, 6) is 0.0936. The summed E-state index contributed by atoms with van der Waals surface area (Å²) in [5.41, 5.74) is -0.0700. The lowest BCUT2D eigenvalue weighted by molar-refractivity contribution is -0.385. The third-order valence-electron chi connectivity index (χ3n) is 3.20. The Bertz CT molecular complexity index is 515. The number of halogens is 1. The lowest BCUT2D eigenvalue weighted by atomic mass is 10.2. The van der Waals surface area contributed by atoms with Gasteiger partial charge in [0, 0.05) is 12.1 Å². The highest BCUT2D eigenvalue weighted by molar-refractivity contribution is 9.10. The van der Waals surface area contributed by atoms with Crippen molar-refractivity contribution < 1.29 is 14.5 Å². The number of amides is 1. The second kappa shape index (κ2) is 6.69. The Labute approximate surface area is 124 Å². The first-order valence-corrected chi connectivity index (χ1v) is 7.21. The van der Waals surface area contributed by atoms with E-state index in [1.165, 1.54) is 18.2 Å². The lowest BCUT2D eigenvalue weighted by Gasteiger charge is -2.13. The van der Waals surface area contributed by atoms with Crippen molar-refractivity contribution in [2.24, 2.45) is 0 Å². The van der Waals surface area contributed by atoms with Crippen LogP contribution in [0.3, 0.4) is 0 Å². The topological polar surface area (TPSA) is 81.5 Å².